The van der Waals surface area contributed by atoms with Crippen molar-refractivity contribution in [2.75, 3.05) is 4.90 Å². The van der Waals surface area contributed by atoms with Crippen LogP contribution in [-0.2, 0) is 6.42 Å². The molecule has 3 nitrogen and oxygen atoms in total. The van der Waals surface area contributed by atoms with Gasteiger partial charge in [-0.15, -0.1) is 11.3 Å². The van der Waals surface area contributed by atoms with E-state index in [0.717, 1.165) is 18.1 Å². The number of thiophene rings is 1. The highest BCUT2D eigenvalue weighted by atomic mass is 32.1. The molecule has 0 saturated heterocycles. The number of benzene rings is 1. The Morgan fingerprint density at radius 1 is 1.13 bits per heavy atom. The molecule has 0 bridgehead atoms. The summed E-state index contributed by atoms with van der Waals surface area (Å²) in [5.41, 5.74) is 3.52. The molecule has 1 aromatic carbocycles. The Balaban J connectivity index is 1.66. The monoisotopic (exact) mass is 319 g/mol. The maximum atomic E-state index is 4.74. The Kier molecular flexibility index (Phi) is 3.67. The van der Waals surface area contributed by atoms with Crippen molar-refractivity contribution in [2.45, 2.75) is 19.4 Å². The van der Waals surface area contributed by atoms with Gasteiger partial charge in [0, 0.05) is 22.8 Å². The fourth-order valence-electron chi connectivity index (χ4n) is 2.99. The first-order chi connectivity index (χ1) is 11.3. The van der Waals surface area contributed by atoms with Gasteiger partial charge in [0.15, 0.2) is 0 Å². The number of hydrogen-bond donors (Lipinski definition) is 0. The molecule has 4 heteroatoms. The third-order valence-electron chi connectivity index (χ3n) is 4.05. The summed E-state index contributed by atoms with van der Waals surface area (Å²) >= 11 is 1.72. The van der Waals surface area contributed by atoms with Gasteiger partial charge in [-0.05, 0) is 54.6 Å². The van der Waals surface area contributed by atoms with Gasteiger partial charge < -0.3 is 4.90 Å². The molecule has 0 spiro atoms. The van der Waals surface area contributed by atoms with Gasteiger partial charge in [0.05, 0.1) is 5.69 Å². The maximum absolute atomic E-state index is 4.74. The maximum Gasteiger partial charge on any atom is 0.230 e. The predicted octanol–water partition coefficient (Wildman–Crippen LogP) is 4.79. The minimum atomic E-state index is 0.379. The van der Waals surface area contributed by atoms with Crippen molar-refractivity contribution in [1.29, 1.82) is 0 Å². The van der Waals surface area contributed by atoms with Gasteiger partial charge in [0.1, 0.15) is 0 Å². The molecular weight excluding hydrogens is 302 g/mol. The second-order valence-corrected chi connectivity index (χ2v) is 6.66. The van der Waals surface area contributed by atoms with Gasteiger partial charge in [-0.1, -0.05) is 24.3 Å². The van der Waals surface area contributed by atoms with Crippen LogP contribution in [0.2, 0.25) is 0 Å². The quantitative estimate of drug-likeness (QED) is 0.695. The zero-order chi connectivity index (χ0) is 15.6. The predicted molar refractivity (Wildman–Crippen MR) is 97.0 cm³/mol. The first-order valence-corrected chi connectivity index (χ1v) is 8.61. The summed E-state index contributed by atoms with van der Waals surface area (Å²) in [5.74, 6) is 0.774. The Bertz CT molecular complexity index is 839. The number of anilines is 2. The van der Waals surface area contributed by atoms with Crippen LogP contribution >= 0.6 is 11.3 Å². The van der Waals surface area contributed by atoms with Gasteiger partial charge in [-0.3, -0.25) is 0 Å². The lowest BCUT2D eigenvalue weighted by Crippen LogP contribution is -2.25. The van der Waals surface area contributed by atoms with Crippen LogP contribution in [0.25, 0.3) is 12.2 Å². The molecule has 0 aliphatic carbocycles. The van der Waals surface area contributed by atoms with Gasteiger partial charge in [-0.25, -0.2) is 9.97 Å². The van der Waals surface area contributed by atoms with Crippen molar-refractivity contribution in [2.24, 2.45) is 0 Å². The molecule has 3 heterocycles. The molecule has 0 amide bonds. The van der Waals surface area contributed by atoms with Crippen LogP contribution in [-0.4, -0.2) is 16.0 Å². The van der Waals surface area contributed by atoms with E-state index in [1.807, 2.05) is 18.3 Å². The number of fused-ring (bicyclic) bond motifs is 1. The van der Waals surface area contributed by atoms with E-state index in [-0.39, 0.29) is 0 Å². The molecule has 0 fully saturated rings. The van der Waals surface area contributed by atoms with Crippen LogP contribution in [0.15, 0.2) is 54.0 Å². The van der Waals surface area contributed by atoms with Crippen LogP contribution in [0.1, 0.15) is 23.1 Å². The summed E-state index contributed by atoms with van der Waals surface area (Å²) < 4.78 is 0. The minimum Gasteiger partial charge on any atom is -0.307 e. The molecule has 23 heavy (non-hydrogen) atoms. The second-order valence-electron chi connectivity index (χ2n) is 5.68. The molecule has 0 N–H and O–H groups in total. The van der Waals surface area contributed by atoms with Gasteiger partial charge in [0.2, 0.25) is 5.95 Å². The zero-order valence-corrected chi connectivity index (χ0v) is 13.7. The molecule has 1 atom stereocenters. The topological polar surface area (TPSA) is 29.0 Å². The molecule has 1 aliphatic rings. The smallest absolute Gasteiger partial charge is 0.230 e. The zero-order valence-electron chi connectivity index (χ0n) is 12.9. The Labute approximate surface area is 140 Å². The molecule has 1 aliphatic heterocycles. The fourth-order valence-corrected chi connectivity index (χ4v) is 3.61. The number of nitrogens with zero attached hydrogens (tertiary/aromatic N) is 3. The van der Waals surface area contributed by atoms with E-state index in [9.17, 15) is 0 Å². The summed E-state index contributed by atoms with van der Waals surface area (Å²) in [4.78, 5) is 12.7. The Morgan fingerprint density at radius 2 is 2.04 bits per heavy atom. The summed E-state index contributed by atoms with van der Waals surface area (Å²) in [6.45, 7) is 2.22. The Morgan fingerprint density at radius 3 is 2.91 bits per heavy atom. The lowest BCUT2D eigenvalue weighted by molar-refractivity contribution is 0.739. The number of aromatic nitrogens is 2. The van der Waals surface area contributed by atoms with E-state index >= 15 is 0 Å². The van der Waals surface area contributed by atoms with Crippen LogP contribution in [0.4, 0.5) is 11.6 Å². The molecule has 0 radical (unpaired) electrons. The van der Waals surface area contributed by atoms with E-state index in [2.05, 4.69) is 64.7 Å². The van der Waals surface area contributed by atoms with Crippen LogP contribution < -0.4 is 4.90 Å². The minimum absolute atomic E-state index is 0.379. The average molecular weight is 319 g/mol. The summed E-state index contributed by atoms with van der Waals surface area (Å²) in [5, 5.41) is 2.08. The molecule has 1 unspecified atom stereocenters. The van der Waals surface area contributed by atoms with Crippen molar-refractivity contribution in [1.82, 2.24) is 9.97 Å². The van der Waals surface area contributed by atoms with E-state index < -0.39 is 0 Å². The van der Waals surface area contributed by atoms with Crippen molar-refractivity contribution < 1.29 is 0 Å². The first-order valence-electron chi connectivity index (χ1n) is 7.73. The number of rotatable bonds is 3. The lowest BCUT2D eigenvalue weighted by Gasteiger charge is -2.22. The fraction of sp³-hybridized carbons (Fsp3) is 0.158. The molecular formula is C19H17N3S. The van der Waals surface area contributed by atoms with Crippen LogP contribution in [0.3, 0.4) is 0 Å². The first kappa shape index (κ1) is 14.2. The summed E-state index contributed by atoms with van der Waals surface area (Å²) in [6, 6.07) is 15.0. The van der Waals surface area contributed by atoms with E-state index in [1.54, 1.807) is 11.3 Å². The molecule has 3 aromatic rings. The molecule has 114 valence electrons. The van der Waals surface area contributed by atoms with Gasteiger partial charge in [0.25, 0.3) is 0 Å². The van der Waals surface area contributed by atoms with E-state index in [4.69, 9.17) is 4.98 Å². The highest BCUT2D eigenvalue weighted by Crippen LogP contribution is 2.36. The van der Waals surface area contributed by atoms with Gasteiger partial charge >= 0.3 is 0 Å². The molecule has 2 aromatic heterocycles. The standard InChI is InChI=1S/C19H17N3S/c1-14-13-15-5-2-3-7-18(15)22(14)19-20-11-10-16(21-19)8-9-17-6-4-12-23-17/h2-12,14H,13H2,1H3/b9-8+. The van der Waals surface area contributed by atoms with Crippen molar-refractivity contribution in [3.63, 3.8) is 0 Å². The largest absolute Gasteiger partial charge is 0.307 e. The third-order valence-corrected chi connectivity index (χ3v) is 4.89. The van der Waals surface area contributed by atoms with Crippen LogP contribution in [0.5, 0.6) is 0 Å². The average Bonchev–Trinajstić information content (AvgIpc) is 3.19. The van der Waals surface area contributed by atoms with E-state index in [0.29, 0.717) is 6.04 Å². The SMILES string of the molecule is CC1Cc2ccccc2N1c1nccc(/C=C/c2cccs2)n1. The lowest BCUT2D eigenvalue weighted by atomic mass is 10.1. The number of para-hydroxylation sites is 1. The van der Waals surface area contributed by atoms with E-state index in [1.165, 1.54) is 16.1 Å². The van der Waals surface area contributed by atoms with Gasteiger partial charge in [-0.2, -0.15) is 0 Å². The highest BCUT2D eigenvalue weighted by molar-refractivity contribution is 7.10. The normalized spacial score (nSPS) is 16.9. The second kappa shape index (κ2) is 5.97. The van der Waals surface area contributed by atoms with Crippen LogP contribution in [0, 0.1) is 0 Å². The van der Waals surface area contributed by atoms with Crippen molar-refractivity contribution in [3.8, 4) is 0 Å². The number of hydrogen-bond acceptors (Lipinski definition) is 4. The molecule has 0 saturated carbocycles. The van der Waals surface area contributed by atoms with Crippen molar-refractivity contribution >= 4 is 35.1 Å². The molecule has 4 rings (SSSR count). The highest BCUT2D eigenvalue weighted by Gasteiger charge is 2.28. The Hall–Kier alpha value is -2.46. The summed E-state index contributed by atoms with van der Waals surface area (Å²) in [7, 11) is 0. The third kappa shape index (κ3) is 2.78. The van der Waals surface area contributed by atoms with Crippen molar-refractivity contribution in [3.05, 3.63) is 70.2 Å². The summed E-state index contributed by atoms with van der Waals surface area (Å²) in [6.07, 6.45) is 7.01.